The maximum Gasteiger partial charge on any atom is 0.331 e. The summed E-state index contributed by atoms with van der Waals surface area (Å²) in [5.74, 6) is -0.840. The van der Waals surface area contributed by atoms with Crippen molar-refractivity contribution in [3.8, 4) is 11.3 Å². The van der Waals surface area contributed by atoms with E-state index >= 15 is 0 Å². The zero-order chi connectivity index (χ0) is 27.6. The molecule has 1 aromatic carbocycles. The van der Waals surface area contributed by atoms with Gasteiger partial charge in [0.25, 0.3) is 5.56 Å². The lowest BCUT2D eigenvalue weighted by Gasteiger charge is -2.37. The molecular weight excluding hydrogens is 488 g/mol. The van der Waals surface area contributed by atoms with E-state index < -0.39 is 49.9 Å². The molecule has 2 aliphatic rings. The van der Waals surface area contributed by atoms with Crippen molar-refractivity contribution in [1.82, 2.24) is 9.55 Å². The number of aromatic amines is 1. The van der Waals surface area contributed by atoms with E-state index in [1.165, 1.54) is 10.6 Å². The third-order valence-electron chi connectivity index (χ3n) is 7.82. The first-order valence-corrected chi connectivity index (χ1v) is 15.9. The second-order valence-corrected chi connectivity index (χ2v) is 18.0. The fraction of sp³-hybridized carbons (Fsp3) is 0.643. The van der Waals surface area contributed by atoms with E-state index in [0.717, 1.165) is 11.1 Å². The van der Waals surface area contributed by atoms with Crippen LogP contribution < -0.4 is 11.2 Å². The van der Waals surface area contributed by atoms with Gasteiger partial charge < -0.3 is 18.6 Å². The summed E-state index contributed by atoms with van der Waals surface area (Å²) in [5.41, 5.74) is 1.33. The number of fused-ring (bicyclic) bond motifs is 1. The van der Waals surface area contributed by atoms with Crippen molar-refractivity contribution in [3.63, 3.8) is 0 Å². The highest BCUT2D eigenvalue weighted by Gasteiger charge is 2.57. The van der Waals surface area contributed by atoms with Gasteiger partial charge in [0.05, 0.1) is 12.3 Å². The molecule has 0 aliphatic carbocycles. The molecule has 0 radical (unpaired) electrons. The Morgan fingerprint density at radius 3 is 2.16 bits per heavy atom. The number of nitrogens with one attached hydrogen (secondary N) is 1. The van der Waals surface area contributed by atoms with Crippen LogP contribution in [0.2, 0.25) is 18.1 Å². The normalized spacial score (nSPS) is 25.9. The molecule has 2 fully saturated rings. The van der Waals surface area contributed by atoms with E-state index in [0.29, 0.717) is 12.3 Å². The van der Waals surface area contributed by atoms with Crippen LogP contribution >= 0.6 is 0 Å². The predicted octanol–water partition coefficient (Wildman–Crippen LogP) is 4.94. The monoisotopic (exact) mass is 530 g/mol. The molecule has 0 unspecified atom stereocenters. The van der Waals surface area contributed by atoms with Crippen molar-refractivity contribution in [3.05, 3.63) is 56.7 Å². The molecule has 1 N–H and O–H groups in total. The molecule has 1 aromatic heterocycles. The Bertz CT molecular complexity index is 1250. The Morgan fingerprint density at radius 2 is 1.59 bits per heavy atom. The van der Waals surface area contributed by atoms with Crippen molar-refractivity contribution in [1.29, 1.82) is 0 Å². The van der Waals surface area contributed by atoms with Gasteiger partial charge in [-0.15, -0.1) is 0 Å². The van der Waals surface area contributed by atoms with Gasteiger partial charge in [-0.1, -0.05) is 65.8 Å². The molecule has 0 spiro atoms. The first kappa shape index (κ1) is 28.0. The van der Waals surface area contributed by atoms with Gasteiger partial charge in [0.15, 0.2) is 20.3 Å². The molecule has 204 valence electrons. The Kier molecular flexibility index (Phi) is 7.04. The number of rotatable bonds is 5. The molecule has 8 nitrogen and oxygen atoms in total. The molecule has 37 heavy (non-hydrogen) atoms. The number of aromatic nitrogens is 2. The third kappa shape index (κ3) is 5.56. The highest BCUT2D eigenvalue weighted by Crippen LogP contribution is 2.45. The maximum absolute atomic E-state index is 13.3. The summed E-state index contributed by atoms with van der Waals surface area (Å²) in [7, 11) is -2.05. The van der Waals surface area contributed by atoms with Crippen LogP contribution in [0, 0.1) is 0 Å². The van der Waals surface area contributed by atoms with Crippen molar-refractivity contribution in [2.24, 2.45) is 0 Å². The number of nitrogens with zero attached hydrogens (tertiary/aromatic N) is 1. The van der Waals surface area contributed by atoms with Gasteiger partial charge in [0.2, 0.25) is 0 Å². The van der Waals surface area contributed by atoms with Gasteiger partial charge in [-0.05, 0) is 48.5 Å². The van der Waals surface area contributed by atoms with Gasteiger partial charge in [0, 0.05) is 6.07 Å². The number of ether oxygens (including phenoxy) is 3. The minimum Gasteiger partial charge on any atom is -0.414 e. The standard InChI is InChI=1S/C28H42N2O6Si/c1-26(2,3)18-13-11-17(12-14-18)19-15-21(31)29-25(32)30(19)24-23-22(35-28(7,8)36-23)20(34-24)16-33-37(9,10)27(4,5)6/h11-15,20,22-24H,16H2,1-10H3,(H,29,31,32)/t20-,22-,23-,24-/m1/s1. The van der Waals surface area contributed by atoms with E-state index in [2.05, 4.69) is 59.6 Å². The Hall–Kier alpha value is -2.04. The van der Waals surface area contributed by atoms with Gasteiger partial charge in [-0.2, -0.15) is 0 Å². The lowest BCUT2D eigenvalue weighted by atomic mass is 9.86. The van der Waals surface area contributed by atoms with Gasteiger partial charge in [-0.25, -0.2) is 4.79 Å². The van der Waals surface area contributed by atoms with Crippen LogP contribution in [0.15, 0.2) is 39.9 Å². The summed E-state index contributed by atoms with van der Waals surface area (Å²) in [5, 5.41) is 0.0406. The summed E-state index contributed by atoms with van der Waals surface area (Å²) in [6, 6.07) is 9.36. The minimum atomic E-state index is -2.05. The molecule has 0 saturated carbocycles. The highest BCUT2D eigenvalue weighted by atomic mass is 28.4. The number of benzene rings is 1. The van der Waals surface area contributed by atoms with Crippen molar-refractivity contribution >= 4 is 8.32 Å². The van der Waals surface area contributed by atoms with Crippen LogP contribution in [0.1, 0.15) is 67.2 Å². The third-order valence-corrected chi connectivity index (χ3v) is 12.3. The molecule has 2 aliphatic heterocycles. The molecule has 0 bridgehead atoms. The summed E-state index contributed by atoms with van der Waals surface area (Å²) < 4.78 is 27.0. The largest absolute Gasteiger partial charge is 0.414 e. The summed E-state index contributed by atoms with van der Waals surface area (Å²) in [6.07, 6.45) is -2.18. The van der Waals surface area contributed by atoms with E-state index in [-0.39, 0.29) is 10.5 Å². The van der Waals surface area contributed by atoms with Crippen LogP contribution in [0.3, 0.4) is 0 Å². The number of H-pyrrole nitrogens is 1. The number of hydrogen-bond donors (Lipinski definition) is 1. The fourth-order valence-electron chi connectivity index (χ4n) is 4.63. The molecule has 2 saturated heterocycles. The molecule has 4 rings (SSSR count). The zero-order valence-corrected chi connectivity index (χ0v) is 24.8. The SMILES string of the molecule is CC1(C)O[C@@H]2[C@H](O1)[C@@H](CO[Si](C)(C)C(C)(C)C)O[C@H]2n1c(-c2ccc(C(C)(C)C)cc2)cc(=O)[nH]c1=O. The minimum absolute atomic E-state index is 0.0217. The molecular formula is C28H42N2O6Si. The molecule has 2 aromatic rings. The van der Waals surface area contributed by atoms with Crippen LogP contribution in [0.25, 0.3) is 11.3 Å². The highest BCUT2D eigenvalue weighted by molar-refractivity contribution is 6.74. The van der Waals surface area contributed by atoms with Crippen molar-refractivity contribution in [2.45, 2.75) is 109 Å². The van der Waals surface area contributed by atoms with E-state index in [9.17, 15) is 9.59 Å². The molecule has 4 atom stereocenters. The molecule has 0 amide bonds. The topological polar surface area (TPSA) is 91.8 Å². The first-order chi connectivity index (χ1) is 16.9. The second kappa shape index (κ2) is 9.31. The van der Waals surface area contributed by atoms with Crippen LogP contribution in [0.5, 0.6) is 0 Å². The van der Waals surface area contributed by atoms with Gasteiger partial charge >= 0.3 is 5.69 Å². The second-order valence-electron chi connectivity index (χ2n) is 13.2. The van der Waals surface area contributed by atoms with E-state index in [1.54, 1.807) is 0 Å². The molecule has 9 heteroatoms. The quantitative estimate of drug-likeness (QED) is 0.551. The predicted molar refractivity (Wildman–Crippen MR) is 146 cm³/mol. The smallest absolute Gasteiger partial charge is 0.331 e. The lowest BCUT2D eigenvalue weighted by molar-refractivity contribution is -0.200. The molecule has 3 heterocycles. The fourth-order valence-corrected chi connectivity index (χ4v) is 5.64. The van der Waals surface area contributed by atoms with Crippen molar-refractivity contribution in [2.75, 3.05) is 6.61 Å². The summed E-state index contributed by atoms with van der Waals surface area (Å²) >= 11 is 0. The Balaban J connectivity index is 1.73. The van der Waals surface area contributed by atoms with Crippen LogP contribution in [0.4, 0.5) is 0 Å². The van der Waals surface area contributed by atoms with Crippen LogP contribution in [-0.4, -0.2) is 48.6 Å². The first-order valence-electron chi connectivity index (χ1n) is 13.0. The lowest BCUT2D eigenvalue weighted by Crippen LogP contribution is -2.44. The average molecular weight is 531 g/mol. The van der Waals surface area contributed by atoms with Gasteiger partial charge in [-0.3, -0.25) is 14.3 Å². The number of hydrogen-bond acceptors (Lipinski definition) is 6. The Morgan fingerprint density at radius 1 is 1.00 bits per heavy atom. The van der Waals surface area contributed by atoms with Crippen LogP contribution in [-0.2, 0) is 24.1 Å². The summed E-state index contributed by atoms with van der Waals surface area (Å²) in [6.45, 7) is 21.4. The van der Waals surface area contributed by atoms with Crippen molar-refractivity contribution < 1.29 is 18.6 Å². The average Bonchev–Trinajstić information content (AvgIpc) is 3.23. The maximum atomic E-state index is 13.3. The zero-order valence-electron chi connectivity index (χ0n) is 23.8. The van der Waals surface area contributed by atoms with E-state index in [1.807, 2.05) is 38.1 Å². The summed E-state index contributed by atoms with van der Waals surface area (Å²) in [4.78, 5) is 28.1. The van der Waals surface area contributed by atoms with Gasteiger partial charge in [0.1, 0.15) is 18.3 Å². The Labute approximate surface area is 220 Å². The van der Waals surface area contributed by atoms with E-state index in [4.69, 9.17) is 18.6 Å².